The summed E-state index contributed by atoms with van der Waals surface area (Å²) >= 11 is 0. The molecule has 11 heavy (non-hydrogen) atoms. The van der Waals surface area contributed by atoms with Crippen LogP contribution in [0.25, 0.3) is 0 Å². The van der Waals surface area contributed by atoms with Gasteiger partial charge in [0, 0.05) is 12.1 Å². The Bertz CT molecular complexity index is 144. The minimum absolute atomic E-state index is 0.0128. The molecule has 0 heterocycles. The largest absolute Gasteiger partial charge is 0.393 e. The Hall–Kier alpha value is -0.0800. The Morgan fingerprint density at radius 2 is 1.73 bits per heavy atom. The van der Waals surface area contributed by atoms with Crippen LogP contribution in [0.15, 0.2) is 0 Å². The van der Waals surface area contributed by atoms with E-state index in [0.717, 1.165) is 18.9 Å². The van der Waals surface area contributed by atoms with E-state index in [9.17, 15) is 5.11 Å². The molecule has 2 fully saturated rings. The average Bonchev–Trinajstić information content (AvgIpc) is 2.74. The topological polar surface area (TPSA) is 23.5 Å². The number of aliphatic hydroxyl groups is 1. The van der Waals surface area contributed by atoms with Gasteiger partial charge in [0.05, 0.1) is 6.10 Å². The molecular formula is C9H17NO. The van der Waals surface area contributed by atoms with E-state index in [2.05, 4.69) is 11.9 Å². The van der Waals surface area contributed by atoms with Crippen LogP contribution in [0.1, 0.15) is 32.1 Å². The molecule has 0 saturated heterocycles. The number of hydrogen-bond donors (Lipinski definition) is 1. The van der Waals surface area contributed by atoms with Crippen molar-refractivity contribution in [2.45, 2.75) is 50.3 Å². The van der Waals surface area contributed by atoms with E-state index in [0.29, 0.717) is 6.04 Å². The monoisotopic (exact) mass is 155 g/mol. The summed E-state index contributed by atoms with van der Waals surface area (Å²) < 4.78 is 0. The summed E-state index contributed by atoms with van der Waals surface area (Å²) in [6.07, 6.45) is 5.97. The van der Waals surface area contributed by atoms with Crippen molar-refractivity contribution in [3.8, 4) is 0 Å². The molecule has 0 aromatic rings. The molecule has 2 heteroatoms. The normalized spacial score (nSPS) is 38.5. The third kappa shape index (κ3) is 1.57. The summed E-state index contributed by atoms with van der Waals surface area (Å²) in [5.74, 6) is 0. The fourth-order valence-corrected chi connectivity index (χ4v) is 2.08. The average molecular weight is 155 g/mol. The van der Waals surface area contributed by atoms with Crippen LogP contribution in [-0.4, -0.2) is 35.2 Å². The van der Waals surface area contributed by atoms with Gasteiger partial charge in [-0.05, 0) is 39.2 Å². The molecule has 2 nitrogen and oxygen atoms in total. The van der Waals surface area contributed by atoms with E-state index in [1.165, 1.54) is 19.3 Å². The van der Waals surface area contributed by atoms with Crippen LogP contribution < -0.4 is 0 Å². The first-order chi connectivity index (χ1) is 5.27. The van der Waals surface area contributed by atoms with Crippen LogP contribution in [0.3, 0.4) is 0 Å². The van der Waals surface area contributed by atoms with Gasteiger partial charge < -0.3 is 10.0 Å². The molecule has 0 aromatic heterocycles. The Balaban J connectivity index is 1.84. The minimum atomic E-state index is -0.0128. The maximum absolute atomic E-state index is 9.32. The van der Waals surface area contributed by atoms with Crippen LogP contribution in [0.4, 0.5) is 0 Å². The molecule has 0 spiro atoms. The number of hydrogen-bond acceptors (Lipinski definition) is 2. The smallest absolute Gasteiger partial charge is 0.0555 e. The predicted octanol–water partition coefficient (Wildman–Crippen LogP) is 0.994. The summed E-state index contributed by atoms with van der Waals surface area (Å²) in [6, 6.07) is 1.53. The van der Waals surface area contributed by atoms with Gasteiger partial charge in [0.1, 0.15) is 0 Å². The second kappa shape index (κ2) is 2.76. The zero-order chi connectivity index (χ0) is 7.84. The van der Waals surface area contributed by atoms with Crippen molar-refractivity contribution in [2.24, 2.45) is 0 Å². The van der Waals surface area contributed by atoms with Crippen molar-refractivity contribution >= 4 is 0 Å². The van der Waals surface area contributed by atoms with Gasteiger partial charge in [-0.3, -0.25) is 0 Å². The first-order valence-corrected chi connectivity index (χ1v) is 4.67. The van der Waals surface area contributed by atoms with Gasteiger partial charge >= 0.3 is 0 Å². The maximum atomic E-state index is 9.32. The van der Waals surface area contributed by atoms with Gasteiger partial charge in [-0.15, -0.1) is 0 Å². The Labute approximate surface area is 68.2 Å². The van der Waals surface area contributed by atoms with Crippen molar-refractivity contribution in [3.63, 3.8) is 0 Å². The van der Waals surface area contributed by atoms with Gasteiger partial charge in [0.2, 0.25) is 0 Å². The van der Waals surface area contributed by atoms with Crippen molar-refractivity contribution in [1.82, 2.24) is 4.90 Å². The molecule has 2 aliphatic rings. The molecule has 2 saturated carbocycles. The van der Waals surface area contributed by atoms with Gasteiger partial charge in [-0.25, -0.2) is 0 Å². The Morgan fingerprint density at radius 1 is 1.09 bits per heavy atom. The molecule has 2 rings (SSSR count). The van der Waals surface area contributed by atoms with Crippen molar-refractivity contribution in [2.75, 3.05) is 7.05 Å². The molecule has 2 atom stereocenters. The Morgan fingerprint density at radius 3 is 2.18 bits per heavy atom. The third-order valence-corrected chi connectivity index (χ3v) is 3.08. The highest BCUT2D eigenvalue weighted by Gasteiger charge is 2.34. The molecule has 64 valence electrons. The van der Waals surface area contributed by atoms with Crippen molar-refractivity contribution in [1.29, 1.82) is 0 Å². The van der Waals surface area contributed by atoms with Crippen LogP contribution in [0.5, 0.6) is 0 Å². The highest BCUT2D eigenvalue weighted by atomic mass is 16.3. The van der Waals surface area contributed by atoms with E-state index < -0.39 is 0 Å². The first-order valence-electron chi connectivity index (χ1n) is 4.67. The van der Waals surface area contributed by atoms with E-state index in [1.807, 2.05) is 0 Å². The predicted molar refractivity (Wildman–Crippen MR) is 44.4 cm³/mol. The molecular weight excluding hydrogens is 138 g/mol. The first kappa shape index (κ1) is 7.56. The maximum Gasteiger partial charge on any atom is 0.0555 e. The SMILES string of the molecule is CN(C1CC1)C1CCC(O)C1. The standard InChI is InChI=1S/C9H17NO/c1-10(7-2-3-7)8-4-5-9(11)6-8/h7-9,11H,2-6H2,1H3. The molecule has 0 aromatic carbocycles. The third-order valence-electron chi connectivity index (χ3n) is 3.08. The lowest BCUT2D eigenvalue weighted by Gasteiger charge is -2.23. The van der Waals surface area contributed by atoms with Gasteiger partial charge in [0.25, 0.3) is 0 Å². The fourth-order valence-electron chi connectivity index (χ4n) is 2.08. The minimum Gasteiger partial charge on any atom is -0.393 e. The molecule has 0 radical (unpaired) electrons. The molecule has 0 bridgehead atoms. The van der Waals surface area contributed by atoms with Gasteiger partial charge in [-0.1, -0.05) is 0 Å². The molecule has 0 amide bonds. The summed E-state index contributed by atoms with van der Waals surface area (Å²) in [5, 5.41) is 9.32. The lowest BCUT2D eigenvalue weighted by Crippen LogP contribution is -2.31. The summed E-state index contributed by atoms with van der Waals surface area (Å²) in [7, 11) is 2.21. The zero-order valence-corrected chi connectivity index (χ0v) is 7.16. The molecule has 2 unspecified atom stereocenters. The van der Waals surface area contributed by atoms with Crippen LogP contribution in [-0.2, 0) is 0 Å². The lowest BCUT2D eigenvalue weighted by molar-refractivity contribution is 0.160. The van der Waals surface area contributed by atoms with Crippen molar-refractivity contribution < 1.29 is 5.11 Å². The summed E-state index contributed by atoms with van der Waals surface area (Å²) in [5.41, 5.74) is 0. The van der Waals surface area contributed by atoms with E-state index in [1.54, 1.807) is 0 Å². The second-order valence-corrected chi connectivity index (χ2v) is 4.02. The second-order valence-electron chi connectivity index (χ2n) is 4.02. The highest BCUT2D eigenvalue weighted by Crippen LogP contribution is 2.32. The van der Waals surface area contributed by atoms with E-state index >= 15 is 0 Å². The molecule has 1 N–H and O–H groups in total. The van der Waals surface area contributed by atoms with Gasteiger partial charge in [-0.2, -0.15) is 0 Å². The summed E-state index contributed by atoms with van der Waals surface area (Å²) in [4.78, 5) is 2.47. The quantitative estimate of drug-likeness (QED) is 0.643. The van der Waals surface area contributed by atoms with E-state index in [-0.39, 0.29) is 6.10 Å². The lowest BCUT2D eigenvalue weighted by atomic mass is 10.2. The van der Waals surface area contributed by atoms with Crippen LogP contribution in [0, 0.1) is 0 Å². The fraction of sp³-hybridized carbons (Fsp3) is 1.00. The van der Waals surface area contributed by atoms with E-state index in [4.69, 9.17) is 0 Å². The molecule has 2 aliphatic carbocycles. The number of aliphatic hydroxyl groups excluding tert-OH is 1. The van der Waals surface area contributed by atoms with Crippen molar-refractivity contribution in [3.05, 3.63) is 0 Å². The van der Waals surface area contributed by atoms with Crippen LogP contribution in [0.2, 0.25) is 0 Å². The molecule has 0 aliphatic heterocycles. The van der Waals surface area contributed by atoms with Crippen LogP contribution >= 0.6 is 0 Å². The summed E-state index contributed by atoms with van der Waals surface area (Å²) in [6.45, 7) is 0. The van der Waals surface area contributed by atoms with Gasteiger partial charge in [0.15, 0.2) is 0 Å². The zero-order valence-electron chi connectivity index (χ0n) is 7.16. The number of nitrogens with zero attached hydrogens (tertiary/aromatic N) is 1. The number of rotatable bonds is 2. The highest BCUT2D eigenvalue weighted by molar-refractivity contribution is 4.90. The Kier molecular flexibility index (Phi) is 1.90.